The molecule has 0 spiro atoms. The first kappa shape index (κ1) is 10.2. The number of hydrogen-bond donors (Lipinski definition) is 0. The molecule has 2 heteroatoms. The van der Waals surface area contributed by atoms with Crippen molar-refractivity contribution < 1.29 is 4.42 Å². The van der Waals surface area contributed by atoms with Crippen LogP contribution in [0.2, 0.25) is 0 Å². The first-order chi connectivity index (χ1) is 6.96. The van der Waals surface area contributed by atoms with Crippen LogP contribution in [-0.4, -0.2) is 4.98 Å². The molecule has 15 heavy (non-hydrogen) atoms. The number of oxazole rings is 1. The van der Waals surface area contributed by atoms with E-state index in [0.29, 0.717) is 0 Å². The summed E-state index contributed by atoms with van der Waals surface area (Å²) in [5.74, 6) is 0.840. The van der Waals surface area contributed by atoms with Crippen molar-refractivity contribution in [1.82, 2.24) is 4.98 Å². The molecule has 80 valence electrons. The summed E-state index contributed by atoms with van der Waals surface area (Å²) in [6, 6.07) is 6.06. The van der Waals surface area contributed by atoms with Crippen LogP contribution in [0.4, 0.5) is 0 Å². The van der Waals surface area contributed by atoms with Gasteiger partial charge in [0.15, 0.2) is 11.5 Å². The third kappa shape index (κ3) is 2.20. The molecule has 0 bridgehead atoms. The summed E-state index contributed by atoms with van der Waals surface area (Å²) in [6.45, 7) is 8.62. The molecule has 0 amide bonds. The van der Waals surface area contributed by atoms with Crippen LogP contribution in [-0.2, 0) is 6.42 Å². The highest BCUT2D eigenvalue weighted by atomic mass is 16.3. The highest BCUT2D eigenvalue weighted by Gasteiger charge is 2.16. The molecule has 2 aromatic rings. The molecule has 0 aliphatic carbocycles. The van der Waals surface area contributed by atoms with Crippen LogP contribution in [0.3, 0.4) is 0 Å². The number of hydrogen-bond acceptors (Lipinski definition) is 2. The molecule has 1 aromatic carbocycles. The SMILES string of the molecule is Cc1cccc2nc(CC(C)(C)C)oc12. The molecular weight excluding hydrogens is 186 g/mol. The van der Waals surface area contributed by atoms with Crippen molar-refractivity contribution in [3.05, 3.63) is 29.7 Å². The predicted molar refractivity (Wildman–Crippen MR) is 61.9 cm³/mol. The van der Waals surface area contributed by atoms with E-state index < -0.39 is 0 Å². The van der Waals surface area contributed by atoms with Gasteiger partial charge in [-0.1, -0.05) is 32.9 Å². The van der Waals surface area contributed by atoms with E-state index in [4.69, 9.17) is 4.42 Å². The molecule has 0 radical (unpaired) electrons. The third-order valence-corrected chi connectivity index (χ3v) is 2.34. The van der Waals surface area contributed by atoms with Gasteiger partial charge < -0.3 is 4.42 Å². The zero-order chi connectivity index (χ0) is 11.1. The molecule has 2 rings (SSSR count). The van der Waals surface area contributed by atoms with E-state index in [0.717, 1.165) is 29.0 Å². The Balaban J connectivity index is 2.44. The summed E-state index contributed by atoms with van der Waals surface area (Å²) >= 11 is 0. The van der Waals surface area contributed by atoms with Crippen LogP contribution in [0.1, 0.15) is 32.2 Å². The highest BCUT2D eigenvalue weighted by molar-refractivity contribution is 5.75. The van der Waals surface area contributed by atoms with Crippen molar-refractivity contribution in [2.75, 3.05) is 0 Å². The average Bonchev–Trinajstić information content (AvgIpc) is 2.45. The Labute approximate surface area is 90.3 Å². The van der Waals surface area contributed by atoms with Crippen LogP contribution in [0.15, 0.2) is 22.6 Å². The van der Waals surface area contributed by atoms with E-state index in [1.54, 1.807) is 0 Å². The lowest BCUT2D eigenvalue weighted by Gasteiger charge is -2.14. The standard InChI is InChI=1S/C13H17NO/c1-9-6-5-7-10-12(9)15-11(14-10)8-13(2,3)4/h5-7H,8H2,1-4H3. The summed E-state index contributed by atoms with van der Waals surface area (Å²) in [6.07, 6.45) is 0.876. The van der Waals surface area contributed by atoms with E-state index in [9.17, 15) is 0 Å². The van der Waals surface area contributed by atoms with E-state index in [2.05, 4.69) is 25.8 Å². The molecule has 1 aromatic heterocycles. The second kappa shape index (κ2) is 3.37. The van der Waals surface area contributed by atoms with Crippen LogP contribution in [0.25, 0.3) is 11.1 Å². The topological polar surface area (TPSA) is 26.0 Å². The second-order valence-electron chi connectivity index (χ2n) is 5.27. The van der Waals surface area contributed by atoms with Crippen LogP contribution >= 0.6 is 0 Å². The summed E-state index contributed by atoms with van der Waals surface area (Å²) in [7, 11) is 0. The number of aryl methyl sites for hydroxylation is 1. The fourth-order valence-electron chi connectivity index (χ4n) is 1.66. The van der Waals surface area contributed by atoms with E-state index in [-0.39, 0.29) is 5.41 Å². The molecule has 0 aliphatic heterocycles. The van der Waals surface area contributed by atoms with Gasteiger partial charge >= 0.3 is 0 Å². The number of aromatic nitrogens is 1. The minimum atomic E-state index is 0.217. The van der Waals surface area contributed by atoms with Crippen LogP contribution in [0, 0.1) is 12.3 Å². The predicted octanol–water partition coefficient (Wildman–Crippen LogP) is 3.72. The van der Waals surface area contributed by atoms with E-state index >= 15 is 0 Å². The van der Waals surface area contributed by atoms with Gasteiger partial charge in [-0.25, -0.2) is 4.98 Å². The van der Waals surface area contributed by atoms with Crippen molar-refractivity contribution in [3.8, 4) is 0 Å². The van der Waals surface area contributed by atoms with Gasteiger partial charge in [0.05, 0.1) is 0 Å². The maximum absolute atomic E-state index is 5.76. The average molecular weight is 203 g/mol. The van der Waals surface area contributed by atoms with Gasteiger partial charge in [-0.15, -0.1) is 0 Å². The highest BCUT2D eigenvalue weighted by Crippen LogP contribution is 2.24. The minimum absolute atomic E-state index is 0.217. The minimum Gasteiger partial charge on any atom is -0.440 e. The van der Waals surface area contributed by atoms with Gasteiger partial charge in [0.25, 0.3) is 0 Å². The lowest BCUT2D eigenvalue weighted by atomic mass is 9.92. The van der Waals surface area contributed by atoms with Crippen molar-refractivity contribution in [1.29, 1.82) is 0 Å². The Morgan fingerprint density at radius 2 is 2.00 bits per heavy atom. The fraction of sp³-hybridized carbons (Fsp3) is 0.462. The zero-order valence-electron chi connectivity index (χ0n) is 9.79. The maximum atomic E-state index is 5.76. The largest absolute Gasteiger partial charge is 0.440 e. The summed E-state index contributed by atoms with van der Waals surface area (Å²) in [4.78, 5) is 4.49. The molecular formula is C13H17NO. The number of para-hydroxylation sites is 1. The second-order valence-corrected chi connectivity index (χ2v) is 5.27. The quantitative estimate of drug-likeness (QED) is 0.706. The number of fused-ring (bicyclic) bond motifs is 1. The van der Waals surface area contributed by atoms with Gasteiger partial charge in [-0.05, 0) is 24.0 Å². The monoisotopic (exact) mass is 203 g/mol. The number of benzene rings is 1. The van der Waals surface area contributed by atoms with Gasteiger partial charge in [0.1, 0.15) is 5.52 Å². The molecule has 0 aliphatic rings. The smallest absolute Gasteiger partial charge is 0.196 e. The molecule has 2 nitrogen and oxygen atoms in total. The molecule has 0 saturated carbocycles. The fourth-order valence-corrected chi connectivity index (χ4v) is 1.66. The summed E-state index contributed by atoms with van der Waals surface area (Å²) in [5.41, 5.74) is 3.26. The van der Waals surface area contributed by atoms with Crippen molar-refractivity contribution in [2.45, 2.75) is 34.1 Å². The van der Waals surface area contributed by atoms with Gasteiger partial charge in [0, 0.05) is 6.42 Å². The first-order valence-electron chi connectivity index (χ1n) is 5.31. The van der Waals surface area contributed by atoms with Crippen molar-refractivity contribution in [3.63, 3.8) is 0 Å². The Morgan fingerprint density at radius 3 is 2.60 bits per heavy atom. The molecule has 0 atom stereocenters. The molecule has 0 saturated heterocycles. The summed E-state index contributed by atoms with van der Waals surface area (Å²) < 4.78 is 5.76. The Hall–Kier alpha value is -1.31. The van der Waals surface area contributed by atoms with Crippen LogP contribution in [0.5, 0.6) is 0 Å². The zero-order valence-corrected chi connectivity index (χ0v) is 9.79. The number of nitrogens with zero attached hydrogens (tertiary/aromatic N) is 1. The summed E-state index contributed by atoms with van der Waals surface area (Å²) in [5, 5.41) is 0. The van der Waals surface area contributed by atoms with Gasteiger partial charge in [-0.2, -0.15) is 0 Å². The van der Waals surface area contributed by atoms with Gasteiger partial charge in [0.2, 0.25) is 0 Å². The number of rotatable bonds is 1. The van der Waals surface area contributed by atoms with Crippen LogP contribution < -0.4 is 0 Å². The van der Waals surface area contributed by atoms with E-state index in [1.807, 2.05) is 25.1 Å². The van der Waals surface area contributed by atoms with Crippen molar-refractivity contribution >= 4 is 11.1 Å². The Kier molecular flexibility index (Phi) is 2.29. The third-order valence-electron chi connectivity index (χ3n) is 2.34. The lowest BCUT2D eigenvalue weighted by molar-refractivity contribution is 0.361. The van der Waals surface area contributed by atoms with Crippen molar-refractivity contribution in [2.24, 2.45) is 5.41 Å². The first-order valence-corrected chi connectivity index (χ1v) is 5.31. The lowest BCUT2D eigenvalue weighted by Crippen LogP contribution is -2.09. The van der Waals surface area contributed by atoms with E-state index in [1.165, 1.54) is 0 Å². The molecule has 0 N–H and O–H groups in total. The molecule has 0 unspecified atom stereocenters. The maximum Gasteiger partial charge on any atom is 0.196 e. The Bertz CT molecular complexity index is 477. The Morgan fingerprint density at radius 1 is 1.27 bits per heavy atom. The molecule has 1 heterocycles. The normalized spacial score (nSPS) is 12.3. The van der Waals surface area contributed by atoms with Gasteiger partial charge in [-0.3, -0.25) is 0 Å². The molecule has 0 fully saturated rings.